The fourth-order valence-electron chi connectivity index (χ4n) is 3.42. The molecule has 0 spiro atoms. The minimum Gasteiger partial charge on any atom is -0.347 e. The lowest BCUT2D eigenvalue weighted by atomic mass is 9.96. The number of amides is 1. The van der Waals surface area contributed by atoms with Crippen LogP contribution in [0.1, 0.15) is 32.9 Å². The van der Waals surface area contributed by atoms with Crippen LogP contribution in [0.4, 0.5) is 0 Å². The predicted molar refractivity (Wildman–Crippen MR) is 102 cm³/mol. The monoisotopic (exact) mass is 363 g/mol. The van der Waals surface area contributed by atoms with Crippen molar-refractivity contribution in [2.45, 2.75) is 26.4 Å². The molecule has 1 aliphatic rings. The zero-order chi connectivity index (χ0) is 18.8. The number of aromatic amines is 1. The fourth-order valence-corrected chi connectivity index (χ4v) is 3.42. The van der Waals surface area contributed by atoms with Gasteiger partial charge in [0, 0.05) is 31.0 Å². The maximum Gasteiger partial charge on any atom is 0.271 e. The summed E-state index contributed by atoms with van der Waals surface area (Å²) in [7, 11) is 0. The molecule has 27 heavy (non-hydrogen) atoms. The molecule has 3 N–H and O–H groups in total. The maximum atomic E-state index is 12.6. The third kappa shape index (κ3) is 3.41. The summed E-state index contributed by atoms with van der Waals surface area (Å²) in [5.74, 6) is -0.312. The van der Waals surface area contributed by atoms with Gasteiger partial charge in [0.25, 0.3) is 11.5 Å². The summed E-state index contributed by atoms with van der Waals surface area (Å²) in [5, 5.41) is 9.13. The van der Waals surface area contributed by atoms with Crippen LogP contribution in [0.5, 0.6) is 0 Å². The second-order valence-electron chi connectivity index (χ2n) is 6.61. The van der Waals surface area contributed by atoms with Crippen LogP contribution < -0.4 is 16.2 Å². The predicted octanol–water partition coefficient (Wildman–Crippen LogP) is 1.44. The van der Waals surface area contributed by atoms with E-state index in [2.05, 4.69) is 20.7 Å². The van der Waals surface area contributed by atoms with Crippen LogP contribution in [0.3, 0.4) is 0 Å². The molecule has 0 atom stereocenters. The first kappa shape index (κ1) is 17.2. The van der Waals surface area contributed by atoms with Gasteiger partial charge in [0.15, 0.2) is 0 Å². The molecule has 2 aromatic heterocycles. The van der Waals surface area contributed by atoms with Crippen molar-refractivity contribution in [3.8, 4) is 5.69 Å². The van der Waals surface area contributed by atoms with E-state index in [1.54, 1.807) is 12.1 Å². The molecule has 3 heterocycles. The van der Waals surface area contributed by atoms with E-state index in [-0.39, 0.29) is 17.2 Å². The Morgan fingerprint density at radius 1 is 1.30 bits per heavy atom. The zero-order valence-corrected chi connectivity index (χ0v) is 15.1. The van der Waals surface area contributed by atoms with Gasteiger partial charge < -0.3 is 10.6 Å². The maximum absolute atomic E-state index is 12.6. The van der Waals surface area contributed by atoms with Crippen molar-refractivity contribution in [1.29, 1.82) is 0 Å². The van der Waals surface area contributed by atoms with Gasteiger partial charge in [0.2, 0.25) is 0 Å². The molecule has 0 radical (unpaired) electrons. The van der Waals surface area contributed by atoms with Crippen LogP contribution in [0.2, 0.25) is 0 Å². The van der Waals surface area contributed by atoms with Crippen LogP contribution in [0.25, 0.3) is 5.69 Å². The quantitative estimate of drug-likeness (QED) is 0.654. The molecule has 0 fully saturated rings. The molecule has 138 valence electrons. The van der Waals surface area contributed by atoms with Crippen molar-refractivity contribution in [1.82, 2.24) is 25.4 Å². The van der Waals surface area contributed by atoms with Crippen molar-refractivity contribution >= 4 is 5.91 Å². The number of rotatable bonds is 4. The van der Waals surface area contributed by atoms with Crippen LogP contribution in [0, 0.1) is 6.92 Å². The highest BCUT2D eigenvalue weighted by molar-refractivity contribution is 5.92. The molecular formula is C20H21N5O2. The smallest absolute Gasteiger partial charge is 0.271 e. The summed E-state index contributed by atoms with van der Waals surface area (Å²) in [6.45, 7) is 4.07. The first-order valence-corrected chi connectivity index (χ1v) is 8.96. The van der Waals surface area contributed by atoms with Crippen molar-refractivity contribution in [2.24, 2.45) is 0 Å². The first-order chi connectivity index (χ1) is 13.1. The van der Waals surface area contributed by atoms with E-state index in [9.17, 15) is 9.59 Å². The minimum atomic E-state index is -0.312. The van der Waals surface area contributed by atoms with Gasteiger partial charge in [-0.3, -0.25) is 19.7 Å². The Hall–Kier alpha value is -3.19. The average Bonchev–Trinajstić information content (AvgIpc) is 3.09. The van der Waals surface area contributed by atoms with Crippen LogP contribution in [0.15, 0.2) is 47.4 Å². The van der Waals surface area contributed by atoms with Crippen molar-refractivity contribution in [3.63, 3.8) is 0 Å². The second-order valence-corrected chi connectivity index (χ2v) is 6.61. The number of nitrogens with zero attached hydrogens (tertiary/aromatic N) is 2. The molecule has 4 rings (SSSR count). The summed E-state index contributed by atoms with van der Waals surface area (Å²) in [5.41, 5.74) is 5.08. The number of benzene rings is 1. The normalized spacial score (nSPS) is 13.2. The van der Waals surface area contributed by atoms with Crippen LogP contribution in [-0.2, 0) is 19.5 Å². The zero-order valence-electron chi connectivity index (χ0n) is 15.1. The summed E-state index contributed by atoms with van der Waals surface area (Å²) >= 11 is 0. The van der Waals surface area contributed by atoms with E-state index in [0.29, 0.717) is 12.2 Å². The molecule has 0 saturated carbocycles. The average molecular weight is 363 g/mol. The molecule has 7 nitrogen and oxygen atoms in total. The minimum absolute atomic E-state index is 0.237. The number of para-hydroxylation sites is 1. The van der Waals surface area contributed by atoms with Gasteiger partial charge in [-0.25, -0.2) is 4.68 Å². The van der Waals surface area contributed by atoms with E-state index >= 15 is 0 Å². The Kier molecular flexibility index (Phi) is 4.60. The highest BCUT2D eigenvalue weighted by atomic mass is 16.2. The van der Waals surface area contributed by atoms with E-state index in [4.69, 9.17) is 0 Å². The Bertz CT molecular complexity index is 1040. The molecule has 3 aromatic rings. The van der Waals surface area contributed by atoms with E-state index < -0.39 is 0 Å². The molecule has 1 aromatic carbocycles. The molecular weight excluding hydrogens is 342 g/mol. The lowest BCUT2D eigenvalue weighted by Crippen LogP contribution is -2.29. The lowest BCUT2D eigenvalue weighted by molar-refractivity contribution is 0.0945. The summed E-state index contributed by atoms with van der Waals surface area (Å²) in [4.78, 5) is 29.2. The summed E-state index contributed by atoms with van der Waals surface area (Å²) < 4.78 is 1.36. The van der Waals surface area contributed by atoms with Gasteiger partial charge in [0.05, 0.1) is 5.69 Å². The topological polar surface area (TPSA) is 91.8 Å². The van der Waals surface area contributed by atoms with Gasteiger partial charge in [0.1, 0.15) is 5.69 Å². The van der Waals surface area contributed by atoms with E-state index in [1.807, 2.05) is 31.3 Å². The third-order valence-corrected chi connectivity index (χ3v) is 4.88. The fraction of sp³-hybridized carbons (Fsp3) is 0.250. The highest BCUT2D eigenvalue weighted by Gasteiger charge is 2.17. The second kappa shape index (κ2) is 7.20. The molecule has 0 bridgehead atoms. The number of aromatic nitrogens is 3. The van der Waals surface area contributed by atoms with Gasteiger partial charge in [-0.15, -0.1) is 0 Å². The first-order valence-electron chi connectivity index (χ1n) is 8.96. The molecule has 7 heteroatoms. The Labute approximate surface area is 156 Å². The number of nitrogens with one attached hydrogen (secondary N) is 3. The molecule has 0 unspecified atom stereocenters. The SMILES string of the molecule is Cc1ncc2c(c1CNC(=O)c1cc(=O)n(-c3ccccc3)[nH]1)CCNC2. The lowest BCUT2D eigenvalue weighted by Gasteiger charge is -2.21. The number of hydrogen-bond acceptors (Lipinski definition) is 4. The number of H-pyrrole nitrogens is 1. The van der Waals surface area contributed by atoms with E-state index in [1.165, 1.54) is 21.9 Å². The Morgan fingerprint density at radius 3 is 2.93 bits per heavy atom. The molecule has 1 amide bonds. The van der Waals surface area contributed by atoms with Gasteiger partial charge >= 0.3 is 0 Å². The third-order valence-electron chi connectivity index (χ3n) is 4.88. The van der Waals surface area contributed by atoms with Crippen molar-refractivity contribution < 1.29 is 4.79 Å². The highest BCUT2D eigenvalue weighted by Crippen LogP contribution is 2.20. The van der Waals surface area contributed by atoms with Crippen molar-refractivity contribution in [2.75, 3.05) is 6.54 Å². The number of pyridine rings is 1. The van der Waals surface area contributed by atoms with Gasteiger partial charge in [-0.05, 0) is 48.7 Å². The number of fused-ring (bicyclic) bond motifs is 1. The number of carbonyl (C=O) groups excluding carboxylic acids is 1. The number of carbonyl (C=O) groups is 1. The molecule has 0 aliphatic carbocycles. The Morgan fingerprint density at radius 2 is 2.11 bits per heavy atom. The van der Waals surface area contributed by atoms with Crippen LogP contribution in [-0.4, -0.2) is 27.2 Å². The van der Waals surface area contributed by atoms with Gasteiger partial charge in [-0.2, -0.15) is 0 Å². The number of aryl methyl sites for hydroxylation is 1. The standard InChI is InChI=1S/C20H21N5O2/c1-13-17(16-7-8-21-10-14(16)11-22-13)12-23-20(27)18-9-19(26)25(24-18)15-5-3-2-4-6-15/h2-6,9,11,21,24H,7-8,10,12H2,1H3,(H,23,27). The van der Waals surface area contributed by atoms with Crippen molar-refractivity contribution in [3.05, 3.63) is 81.0 Å². The summed E-state index contributed by atoms with van der Waals surface area (Å²) in [6.07, 6.45) is 2.82. The molecule has 1 aliphatic heterocycles. The van der Waals surface area contributed by atoms with E-state index in [0.717, 1.165) is 30.8 Å². The summed E-state index contributed by atoms with van der Waals surface area (Å²) in [6, 6.07) is 10.5. The Balaban J connectivity index is 1.54. The largest absolute Gasteiger partial charge is 0.347 e. The van der Waals surface area contributed by atoms with Crippen LogP contribution >= 0.6 is 0 Å². The van der Waals surface area contributed by atoms with Gasteiger partial charge in [-0.1, -0.05) is 18.2 Å². The number of hydrogen-bond donors (Lipinski definition) is 3. The molecule has 0 saturated heterocycles.